The van der Waals surface area contributed by atoms with E-state index < -0.39 is 4.92 Å². The number of hydrogen-bond donors (Lipinski definition) is 0. The van der Waals surface area contributed by atoms with E-state index in [1.165, 1.54) is 23.9 Å². The maximum Gasteiger partial charge on any atom is 0.282 e. The number of nitrogens with zero attached hydrogens (tertiary/aromatic N) is 4. The summed E-state index contributed by atoms with van der Waals surface area (Å²) in [4.78, 5) is 29.3. The highest BCUT2D eigenvalue weighted by Gasteiger charge is 2.18. The predicted molar refractivity (Wildman–Crippen MR) is 170 cm³/mol. The van der Waals surface area contributed by atoms with Gasteiger partial charge in [0.15, 0.2) is 17.3 Å². The molecule has 1 aromatic heterocycles. The summed E-state index contributed by atoms with van der Waals surface area (Å²) in [5, 5.41) is 16.2. The quantitative estimate of drug-likeness (QED) is 0.0985. The molecular formula is C34H32N4O6. The second kappa shape index (κ2) is 12.8. The third kappa shape index (κ3) is 6.14. The van der Waals surface area contributed by atoms with Crippen molar-refractivity contribution < 1.29 is 19.1 Å². The Hall–Kier alpha value is -5.51. The Morgan fingerprint density at radius 1 is 0.955 bits per heavy atom. The number of para-hydroxylation sites is 1. The largest absolute Gasteiger partial charge is 0.496 e. The molecule has 10 nitrogen and oxygen atoms in total. The summed E-state index contributed by atoms with van der Waals surface area (Å²) >= 11 is 0. The van der Waals surface area contributed by atoms with Crippen LogP contribution >= 0.6 is 0 Å². The summed E-state index contributed by atoms with van der Waals surface area (Å²) in [6.07, 6.45) is 1.57. The van der Waals surface area contributed by atoms with Gasteiger partial charge in [0.1, 0.15) is 12.4 Å². The molecule has 5 aromatic rings. The summed E-state index contributed by atoms with van der Waals surface area (Å²) in [6, 6.07) is 22.7. The lowest BCUT2D eigenvalue weighted by Gasteiger charge is -2.17. The number of aryl methyl sites for hydroxylation is 1. The van der Waals surface area contributed by atoms with Crippen molar-refractivity contribution >= 4 is 22.8 Å². The van der Waals surface area contributed by atoms with Gasteiger partial charge in [-0.25, -0.2) is 4.98 Å². The highest BCUT2D eigenvalue weighted by Crippen LogP contribution is 2.34. The van der Waals surface area contributed by atoms with Crippen LogP contribution in [0.5, 0.6) is 17.2 Å². The van der Waals surface area contributed by atoms with Crippen LogP contribution in [0.15, 0.2) is 88.8 Å². The fraction of sp³-hybridized carbons (Fsp3) is 0.206. The second-order valence-corrected chi connectivity index (χ2v) is 10.5. The fourth-order valence-corrected chi connectivity index (χ4v) is 4.90. The predicted octanol–water partition coefficient (Wildman–Crippen LogP) is 6.88. The molecule has 4 aromatic carbocycles. The Balaban J connectivity index is 1.53. The lowest BCUT2D eigenvalue weighted by Crippen LogP contribution is -2.20. The smallest absolute Gasteiger partial charge is 0.282 e. The summed E-state index contributed by atoms with van der Waals surface area (Å²) in [6.45, 7) is 6.24. The fourth-order valence-electron chi connectivity index (χ4n) is 4.90. The summed E-state index contributed by atoms with van der Waals surface area (Å²) in [5.41, 5.74) is 4.24. The van der Waals surface area contributed by atoms with Gasteiger partial charge < -0.3 is 14.2 Å². The minimum Gasteiger partial charge on any atom is -0.496 e. The molecule has 0 spiro atoms. The van der Waals surface area contributed by atoms with Crippen LogP contribution in [0.2, 0.25) is 0 Å². The maximum absolute atomic E-state index is 13.8. The summed E-state index contributed by atoms with van der Waals surface area (Å²) < 4.78 is 18.4. The van der Waals surface area contributed by atoms with Gasteiger partial charge in [0.2, 0.25) is 0 Å². The third-order valence-electron chi connectivity index (χ3n) is 7.22. The van der Waals surface area contributed by atoms with Crippen molar-refractivity contribution in [2.75, 3.05) is 14.2 Å². The molecule has 0 aliphatic carbocycles. The van der Waals surface area contributed by atoms with Gasteiger partial charge >= 0.3 is 0 Å². The number of hydrogen-bond acceptors (Lipinski definition) is 8. The average molecular weight is 593 g/mol. The van der Waals surface area contributed by atoms with Crippen LogP contribution in [-0.4, -0.2) is 35.0 Å². The standard InChI is InChI=1S/C34H32N4O6/c1-21(2)27-18-28(22(3)15-31(27)42-4)33-36-29-12-7-6-11-26(29)34(39)37(33)35-19-23-13-14-30(32(17-23)43-5)44-20-24-9-8-10-25(16-24)38(40)41/h6-19,21H,20H2,1-5H3. The average Bonchev–Trinajstić information content (AvgIpc) is 3.03. The number of nitro benzene ring substituents is 1. The topological polar surface area (TPSA) is 118 Å². The lowest BCUT2D eigenvalue weighted by atomic mass is 9.96. The molecule has 0 fully saturated rings. The zero-order valence-corrected chi connectivity index (χ0v) is 25.1. The number of rotatable bonds is 10. The minimum atomic E-state index is -0.445. The molecular weight excluding hydrogens is 560 g/mol. The van der Waals surface area contributed by atoms with E-state index in [0.717, 1.165) is 22.4 Å². The number of methoxy groups -OCH3 is 2. The van der Waals surface area contributed by atoms with Crippen LogP contribution in [0.4, 0.5) is 5.69 Å². The van der Waals surface area contributed by atoms with Crippen LogP contribution in [0.25, 0.3) is 22.3 Å². The first-order valence-electron chi connectivity index (χ1n) is 14.0. The first-order valence-corrected chi connectivity index (χ1v) is 14.0. The maximum atomic E-state index is 13.8. The van der Waals surface area contributed by atoms with Crippen LogP contribution in [0.1, 0.15) is 42.0 Å². The van der Waals surface area contributed by atoms with E-state index in [1.54, 1.807) is 55.8 Å². The first kappa shape index (κ1) is 30.0. The monoisotopic (exact) mass is 592 g/mol. The Kier molecular flexibility index (Phi) is 8.71. The zero-order valence-electron chi connectivity index (χ0n) is 25.1. The van der Waals surface area contributed by atoms with Crippen molar-refractivity contribution in [3.05, 3.63) is 122 Å². The van der Waals surface area contributed by atoms with Gasteiger partial charge in [-0.2, -0.15) is 9.78 Å². The minimum absolute atomic E-state index is 0.00678. The Labute approximate surface area is 254 Å². The highest BCUT2D eigenvalue weighted by atomic mass is 16.6. The van der Waals surface area contributed by atoms with Crippen molar-refractivity contribution in [2.24, 2.45) is 5.10 Å². The molecule has 0 saturated carbocycles. The summed E-state index contributed by atoms with van der Waals surface area (Å²) in [7, 11) is 3.16. The molecule has 0 atom stereocenters. The van der Waals surface area contributed by atoms with Crippen molar-refractivity contribution in [3.8, 4) is 28.6 Å². The molecule has 224 valence electrons. The van der Waals surface area contributed by atoms with E-state index >= 15 is 0 Å². The number of benzene rings is 4. The molecule has 5 rings (SSSR count). The molecule has 0 amide bonds. The van der Waals surface area contributed by atoms with Crippen LogP contribution in [0.3, 0.4) is 0 Å². The van der Waals surface area contributed by atoms with Gasteiger partial charge in [0.25, 0.3) is 11.2 Å². The van der Waals surface area contributed by atoms with Crippen molar-refractivity contribution in [1.29, 1.82) is 0 Å². The van der Waals surface area contributed by atoms with Crippen LogP contribution < -0.4 is 19.8 Å². The molecule has 0 aliphatic rings. The normalized spacial score (nSPS) is 11.3. The molecule has 1 heterocycles. The molecule has 0 bridgehead atoms. The number of ether oxygens (including phenoxy) is 3. The summed E-state index contributed by atoms with van der Waals surface area (Å²) in [5.74, 6) is 2.27. The van der Waals surface area contributed by atoms with Crippen LogP contribution in [-0.2, 0) is 6.61 Å². The highest BCUT2D eigenvalue weighted by molar-refractivity contribution is 5.83. The van der Waals surface area contributed by atoms with Gasteiger partial charge in [0.05, 0.1) is 36.3 Å². The molecule has 10 heteroatoms. The number of fused-ring (bicyclic) bond motifs is 1. The van der Waals surface area contributed by atoms with E-state index in [1.807, 2.05) is 31.2 Å². The van der Waals surface area contributed by atoms with Crippen molar-refractivity contribution in [2.45, 2.75) is 33.3 Å². The first-order chi connectivity index (χ1) is 21.2. The van der Waals surface area contributed by atoms with Crippen LogP contribution in [0, 0.1) is 17.0 Å². The molecule has 0 unspecified atom stereocenters. The second-order valence-electron chi connectivity index (χ2n) is 10.5. The lowest BCUT2D eigenvalue weighted by molar-refractivity contribution is -0.384. The number of nitro groups is 1. The number of aromatic nitrogens is 2. The van der Waals surface area contributed by atoms with Gasteiger partial charge in [-0.05, 0) is 77.6 Å². The Morgan fingerprint density at radius 2 is 1.73 bits per heavy atom. The van der Waals surface area contributed by atoms with Gasteiger partial charge in [-0.1, -0.05) is 38.1 Å². The SMILES string of the molecule is COc1cc(C=Nn2c(-c3cc(C(C)C)c(OC)cc3C)nc3ccccc3c2=O)ccc1OCc1cccc([N+](=O)[O-])c1. The van der Waals surface area contributed by atoms with Gasteiger partial charge in [-0.3, -0.25) is 14.9 Å². The van der Waals surface area contributed by atoms with E-state index in [0.29, 0.717) is 39.4 Å². The van der Waals surface area contributed by atoms with Crippen molar-refractivity contribution in [3.63, 3.8) is 0 Å². The molecule has 44 heavy (non-hydrogen) atoms. The van der Waals surface area contributed by atoms with Gasteiger partial charge in [-0.15, -0.1) is 0 Å². The zero-order chi connectivity index (χ0) is 31.4. The van der Waals surface area contributed by atoms with E-state index in [9.17, 15) is 14.9 Å². The van der Waals surface area contributed by atoms with E-state index in [-0.39, 0.29) is 23.8 Å². The number of non-ortho nitro benzene ring substituents is 1. The molecule has 0 N–H and O–H groups in total. The van der Waals surface area contributed by atoms with Gasteiger partial charge in [0, 0.05) is 17.7 Å². The molecule has 0 saturated heterocycles. The molecule has 0 radical (unpaired) electrons. The van der Waals surface area contributed by atoms with E-state index in [2.05, 4.69) is 18.9 Å². The molecule has 0 aliphatic heterocycles. The van der Waals surface area contributed by atoms with E-state index in [4.69, 9.17) is 19.2 Å². The Bertz CT molecular complexity index is 1950. The Morgan fingerprint density at radius 3 is 2.45 bits per heavy atom. The van der Waals surface area contributed by atoms with Crippen molar-refractivity contribution in [1.82, 2.24) is 9.66 Å². The third-order valence-corrected chi connectivity index (χ3v) is 7.22.